The summed E-state index contributed by atoms with van der Waals surface area (Å²) in [6.45, 7) is 0. The van der Waals surface area contributed by atoms with Gasteiger partial charge in [0.1, 0.15) is 0 Å². The Morgan fingerprint density at radius 2 is 1.65 bits per heavy atom. The maximum atomic E-state index is 12.6. The molecule has 1 aromatic heterocycles. The van der Waals surface area contributed by atoms with Crippen LogP contribution in [-0.2, 0) is 10.0 Å². The van der Waals surface area contributed by atoms with E-state index in [1.807, 2.05) is 0 Å². The second-order valence-corrected chi connectivity index (χ2v) is 8.48. The molecule has 0 saturated heterocycles. The average Bonchev–Trinajstić information content (AvgIpc) is 2.71. The highest BCUT2D eigenvalue weighted by atomic mass is 35.5. The minimum Gasteiger partial charge on any atom is -0.369 e. The lowest BCUT2D eigenvalue weighted by Crippen LogP contribution is -2.26. The molecule has 0 bridgehead atoms. The molecule has 0 unspecified atom stereocenters. The summed E-state index contributed by atoms with van der Waals surface area (Å²) in [7, 11) is -3.95. The molecule has 0 amide bonds. The Balaban J connectivity index is 1.73. The number of sulfonamides is 1. The number of anilines is 2. The van der Waals surface area contributed by atoms with E-state index in [4.69, 9.17) is 34.7 Å². The van der Waals surface area contributed by atoms with Crippen molar-refractivity contribution in [3.63, 3.8) is 0 Å². The zero-order valence-electron chi connectivity index (χ0n) is 15.7. The van der Waals surface area contributed by atoms with E-state index in [0.29, 0.717) is 16.4 Å². The van der Waals surface area contributed by atoms with Gasteiger partial charge in [0.05, 0.1) is 28.0 Å². The molecule has 0 aliphatic carbocycles. The molecule has 0 saturated carbocycles. The standard InChI is InChI=1S/C18H16Cl2N8O2S/c19-11-4-6-13(7-5-11)25-16(21)27-17(22)26-14-2-1-3-15(8-14)31(29,30)28-18-23-9-12(20)10-24-18/h1-10H,(H,23,24,28)(H5,21,22,25,26,27). The summed E-state index contributed by atoms with van der Waals surface area (Å²) in [5.41, 5.74) is 12.5. The zero-order valence-corrected chi connectivity index (χ0v) is 18.0. The molecular formula is C18H16Cl2N8O2S. The van der Waals surface area contributed by atoms with Crippen molar-refractivity contribution in [2.75, 3.05) is 10.0 Å². The van der Waals surface area contributed by atoms with Crippen molar-refractivity contribution in [3.8, 4) is 0 Å². The maximum Gasteiger partial charge on any atom is 0.264 e. The molecule has 3 rings (SSSR count). The summed E-state index contributed by atoms with van der Waals surface area (Å²) in [4.78, 5) is 15.6. The molecule has 0 radical (unpaired) electrons. The summed E-state index contributed by atoms with van der Waals surface area (Å²) < 4.78 is 27.4. The van der Waals surface area contributed by atoms with E-state index in [-0.39, 0.29) is 27.8 Å². The second-order valence-electron chi connectivity index (χ2n) is 5.93. The van der Waals surface area contributed by atoms with Crippen molar-refractivity contribution in [2.45, 2.75) is 4.90 Å². The Morgan fingerprint density at radius 1 is 0.968 bits per heavy atom. The highest BCUT2D eigenvalue weighted by Gasteiger charge is 2.16. The van der Waals surface area contributed by atoms with Crippen LogP contribution in [0.15, 0.2) is 75.8 Å². The van der Waals surface area contributed by atoms with Crippen LogP contribution in [0, 0.1) is 0 Å². The molecule has 0 aliphatic heterocycles. The fourth-order valence-corrected chi connectivity index (χ4v) is 3.48. The first-order valence-electron chi connectivity index (χ1n) is 8.53. The fourth-order valence-electron chi connectivity index (χ4n) is 2.26. The zero-order chi connectivity index (χ0) is 22.4. The highest BCUT2D eigenvalue weighted by Crippen LogP contribution is 2.18. The van der Waals surface area contributed by atoms with Gasteiger partial charge in [-0.3, -0.25) is 0 Å². The number of aromatic nitrogens is 2. The lowest BCUT2D eigenvalue weighted by Gasteiger charge is -2.09. The number of halogens is 2. The number of hydrogen-bond donors (Lipinski definition) is 4. The first-order chi connectivity index (χ1) is 14.7. The molecule has 31 heavy (non-hydrogen) atoms. The molecule has 10 nitrogen and oxygen atoms in total. The minimum atomic E-state index is -3.95. The highest BCUT2D eigenvalue weighted by molar-refractivity contribution is 7.92. The van der Waals surface area contributed by atoms with Gasteiger partial charge in [-0.25, -0.2) is 28.1 Å². The Bertz CT molecular complexity index is 1230. The number of aliphatic imine (C=N–C) groups is 2. The molecule has 0 fully saturated rings. The van der Waals surface area contributed by atoms with Crippen molar-refractivity contribution >= 4 is 62.5 Å². The van der Waals surface area contributed by atoms with E-state index in [1.54, 1.807) is 30.3 Å². The van der Waals surface area contributed by atoms with Crippen molar-refractivity contribution in [1.29, 1.82) is 0 Å². The predicted molar refractivity (Wildman–Crippen MR) is 122 cm³/mol. The van der Waals surface area contributed by atoms with Gasteiger partial charge in [0.25, 0.3) is 10.0 Å². The van der Waals surface area contributed by atoms with Gasteiger partial charge in [-0.15, -0.1) is 0 Å². The number of nitrogens with one attached hydrogen (secondary N) is 2. The van der Waals surface area contributed by atoms with E-state index in [9.17, 15) is 8.42 Å². The molecular weight excluding hydrogens is 463 g/mol. The van der Waals surface area contributed by atoms with Gasteiger partial charge >= 0.3 is 0 Å². The van der Waals surface area contributed by atoms with Gasteiger partial charge < -0.3 is 16.8 Å². The van der Waals surface area contributed by atoms with Crippen molar-refractivity contribution in [3.05, 3.63) is 71.0 Å². The number of rotatable bonds is 5. The number of benzene rings is 2. The molecule has 6 N–H and O–H groups in total. The number of nitrogens with zero attached hydrogens (tertiary/aromatic N) is 4. The van der Waals surface area contributed by atoms with Crippen LogP contribution in [0.3, 0.4) is 0 Å². The smallest absolute Gasteiger partial charge is 0.264 e. The summed E-state index contributed by atoms with van der Waals surface area (Å²) in [5, 5.41) is 3.60. The topological polar surface area (TPSA) is 161 Å². The molecule has 1 heterocycles. The average molecular weight is 479 g/mol. The van der Waals surface area contributed by atoms with E-state index < -0.39 is 10.0 Å². The van der Waals surface area contributed by atoms with Crippen molar-refractivity contribution in [1.82, 2.24) is 9.97 Å². The summed E-state index contributed by atoms with van der Waals surface area (Å²) >= 11 is 11.5. The van der Waals surface area contributed by atoms with Crippen molar-refractivity contribution in [2.24, 2.45) is 21.5 Å². The third-order valence-electron chi connectivity index (χ3n) is 3.57. The van der Waals surface area contributed by atoms with Crippen LogP contribution < -0.4 is 21.5 Å². The summed E-state index contributed by atoms with van der Waals surface area (Å²) in [6, 6.07) is 12.5. The first kappa shape index (κ1) is 22.3. The summed E-state index contributed by atoms with van der Waals surface area (Å²) in [6.07, 6.45) is 2.55. The third-order valence-corrected chi connectivity index (χ3v) is 5.34. The monoisotopic (exact) mass is 478 g/mol. The Hall–Kier alpha value is -3.41. The number of nitrogens with two attached hydrogens (primary N) is 2. The number of hydrogen-bond acceptors (Lipinski definition) is 5. The molecule has 2 aromatic carbocycles. The van der Waals surface area contributed by atoms with Crippen LogP contribution in [0.4, 0.5) is 17.3 Å². The largest absolute Gasteiger partial charge is 0.369 e. The van der Waals surface area contributed by atoms with Gasteiger partial charge in [0.2, 0.25) is 17.9 Å². The molecule has 0 spiro atoms. The van der Waals surface area contributed by atoms with E-state index in [1.165, 1.54) is 30.6 Å². The second kappa shape index (κ2) is 9.60. The molecule has 3 aromatic rings. The lowest BCUT2D eigenvalue weighted by molar-refractivity contribution is 0.601. The van der Waals surface area contributed by atoms with Crippen LogP contribution in [-0.4, -0.2) is 30.3 Å². The minimum absolute atomic E-state index is 0.0494. The van der Waals surface area contributed by atoms with Gasteiger partial charge in [0.15, 0.2) is 0 Å². The fraction of sp³-hybridized carbons (Fsp3) is 0. The van der Waals surface area contributed by atoms with Crippen LogP contribution in [0.5, 0.6) is 0 Å². The van der Waals surface area contributed by atoms with Gasteiger partial charge in [-0.1, -0.05) is 29.3 Å². The lowest BCUT2D eigenvalue weighted by atomic mass is 10.3. The Morgan fingerprint density at radius 3 is 2.32 bits per heavy atom. The quantitative estimate of drug-likeness (QED) is 0.323. The van der Waals surface area contributed by atoms with Crippen molar-refractivity contribution < 1.29 is 8.42 Å². The van der Waals surface area contributed by atoms with Gasteiger partial charge in [-0.2, -0.15) is 4.99 Å². The molecule has 13 heteroatoms. The van der Waals surface area contributed by atoms with E-state index in [2.05, 4.69) is 30.0 Å². The normalized spacial score (nSPS) is 12.5. The summed E-state index contributed by atoms with van der Waals surface area (Å²) in [5.74, 6) is -0.300. The van der Waals surface area contributed by atoms with Crippen LogP contribution in [0.2, 0.25) is 10.0 Å². The van der Waals surface area contributed by atoms with E-state index in [0.717, 1.165) is 0 Å². The molecule has 0 aliphatic rings. The van der Waals surface area contributed by atoms with E-state index >= 15 is 0 Å². The molecule has 0 atom stereocenters. The third kappa shape index (κ3) is 6.54. The van der Waals surface area contributed by atoms with Crippen LogP contribution in [0.1, 0.15) is 0 Å². The SMILES string of the molecule is NC(=Nc1ccc(Cl)cc1)/N=C(\N)Nc1cccc(S(=O)(=O)Nc2ncc(Cl)cn2)c1. The van der Waals surface area contributed by atoms with Crippen LogP contribution in [0.25, 0.3) is 0 Å². The maximum absolute atomic E-state index is 12.6. The Kier molecular flexibility index (Phi) is 6.90. The Labute approximate surface area is 188 Å². The van der Waals surface area contributed by atoms with Gasteiger partial charge in [0, 0.05) is 10.7 Å². The first-order valence-corrected chi connectivity index (χ1v) is 10.8. The molecule has 160 valence electrons. The number of guanidine groups is 2. The van der Waals surface area contributed by atoms with Gasteiger partial charge in [-0.05, 0) is 42.5 Å². The predicted octanol–water partition coefficient (Wildman–Crippen LogP) is 2.96. The van der Waals surface area contributed by atoms with Crippen LogP contribution >= 0.6 is 23.2 Å².